The van der Waals surface area contributed by atoms with E-state index in [1.807, 2.05) is 55.5 Å². The Labute approximate surface area is 231 Å². The SMILES string of the molecule is Cc1ccc(NC(=O)COc2ccc(Cl)cc2/C=C2\SC(=S)N(Nc3nc4ccccc4s3)C2=O)cc1. The van der Waals surface area contributed by atoms with E-state index in [0.717, 1.165) is 27.5 Å². The summed E-state index contributed by atoms with van der Waals surface area (Å²) < 4.78 is 7.12. The molecular weight excluding hydrogens is 548 g/mol. The summed E-state index contributed by atoms with van der Waals surface area (Å²) in [5.41, 5.74) is 6.18. The summed E-state index contributed by atoms with van der Waals surface area (Å²) in [6, 6.07) is 20.2. The minimum Gasteiger partial charge on any atom is -0.483 e. The predicted molar refractivity (Wildman–Crippen MR) is 155 cm³/mol. The van der Waals surface area contributed by atoms with Crippen LogP contribution in [0.3, 0.4) is 0 Å². The van der Waals surface area contributed by atoms with Crippen LogP contribution in [0.4, 0.5) is 10.8 Å². The molecule has 0 atom stereocenters. The quantitative estimate of drug-likeness (QED) is 0.195. The number of ether oxygens (including phenoxy) is 1. The van der Waals surface area contributed by atoms with Crippen molar-refractivity contribution in [1.82, 2.24) is 9.99 Å². The van der Waals surface area contributed by atoms with Gasteiger partial charge in [0.2, 0.25) is 5.13 Å². The summed E-state index contributed by atoms with van der Waals surface area (Å²) in [5.74, 6) is -0.221. The first-order valence-corrected chi connectivity index (χ1v) is 13.5. The van der Waals surface area contributed by atoms with Gasteiger partial charge in [0.25, 0.3) is 11.8 Å². The molecule has 0 spiro atoms. The lowest BCUT2D eigenvalue weighted by Crippen LogP contribution is -2.33. The van der Waals surface area contributed by atoms with Gasteiger partial charge in [0, 0.05) is 16.3 Å². The summed E-state index contributed by atoms with van der Waals surface area (Å²) in [6.45, 7) is 1.76. The van der Waals surface area contributed by atoms with E-state index in [9.17, 15) is 9.59 Å². The summed E-state index contributed by atoms with van der Waals surface area (Å²) in [5, 5.41) is 5.11. The second-order valence-electron chi connectivity index (χ2n) is 8.00. The molecule has 1 aliphatic heterocycles. The van der Waals surface area contributed by atoms with Crippen molar-refractivity contribution in [3.63, 3.8) is 0 Å². The molecule has 0 saturated carbocycles. The predicted octanol–water partition coefficient (Wildman–Crippen LogP) is 6.50. The fourth-order valence-electron chi connectivity index (χ4n) is 3.46. The number of halogens is 1. The lowest BCUT2D eigenvalue weighted by molar-refractivity contribution is -0.121. The fourth-order valence-corrected chi connectivity index (χ4v) is 5.67. The van der Waals surface area contributed by atoms with Crippen LogP contribution >= 0.6 is 46.9 Å². The van der Waals surface area contributed by atoms with Crippen LogP contribution < -0.4 is 15.5 Å². The summed E-state index contributed by atoms with van der Waals surface area (Å²) >= 11 is 14.2. The van der Waals surface area contributed by atoms with Gasteiger partial charge in [-0.1, -0.05) is 64.5 Å². The Bertz CT molecular complexity index is 1520. The molecule has 2 heterocycles. The minimum atomic E-state index is -0.322. The van der Waals surface area contributed by atoms with Crippen LogP contribution in [-0.2, 0) is 9.59 Å². The smallest absolute Gasteiger partial charge is 0.285 e. The van der Waals surface area contributed by atoms with Gasteiger partial charge >= 0.3 is 0 Å². The lowest BCUT2D eigenvalue weighted by Gasteiger charge is -2.14. The van der Waals surface area contributed by atoms with Crippen molar-refractivity contribution < 1.29 is 14.3 Å². The number of thioether (sulfide) groups is 1. The normalized spacial score (nSPS) is 14.4. The number of hydrogen-bond donors (Lipinski definition) is 2. The highest BCUT2D eigenvalue weighted by Crippen LogP contribution is 2.36. The van der Waals surface area contributed by atoms with E-state index < -0.39 is 0 Å². The third-order valence-corrected chi connectivity index (χ3v) is 7.73. The number of carbonyl (C=O) groups is 2. The first-order chi connectivity index (χ1) is 17.9. The van der Waals surface area contributed by atoms with E-state index in [2.05, 4.69) is 15.7 Å². The van der Waals surface area contributed by atoms with Gasteiger partial charge in [0.05, 0.1) is 15.1 Å². The Kier molecular flexibility index (Phi) is 7.43. The molecule has 2 amide bonds. The zero-order valence-electron chi connectivity index (χ0n) is 19.4. The van der Waals surface area contributed by atoms with Gasteiger partial charge in [-0.25, -0.2) is 4.98 Å². The highest BCUT2D eigenvalue weighted by molar-refractivity contribution is 8.26. The first kappa shape index (κ1) is 25.2. The van der Waals surface area contributed by atoms with E-state index in [4.69, 9.17) is 28.6 Å². The molecule has 11 heteroatoms. The van der Waals surface area contributed by atoms with Crippen LogP contribution in [0.25, 0.3) is 16.3 Å². The second-order valence-corrected chi connectivity index (χ2v) is 11.1. The fraction of sp³-hybridized carbons (Fsp3) is 0.0769. The zero-order chi connectivity index (χ0) is 25.9. The Morgan fingerprint density at radius 3 is 2.73 bits per heavy atom. The molecule has 1 saturated heterocycles. The number of anilines is 2. The van der Waals surface area contributed by atoms with Crippen LogP contribution in [-0.4, -0.2) is 32.7 Å². The topological polar surface area (TPSA) is 83.6 Å². The van der Waals surface area contributed by atoms with Gasteiger partial charge in [0.15, 0.2) is 10.9 Å². The maximum Gasteiger partial charge on any atom is 0.285 e. The molecule has 37 heavy (non-hydrogen) atoms. The molecule has 3 aromatic carbocycles. The van der Waals surface area contributed by atoms with Crippen LogP contribution in [0.2, 0.25) is 5.02 Å². The highest BCUT2D eigenvalue weighted by atomic mass is 35.5. The van der Waals surface area contributed by atoms with Gasteiger partial charge < -0.3 is 10.1 Å². The van der Waals surface area contributed by atoms with E-state index in [-0.39, 0.29) is 18.4 Å². The number of amides is 2. The number of rotatable bonds is 7. The maximum absolute atomic E-state index is 13.2. The standard InChI is InChI=1S/C26H19ClN4O3S3/c1-15-6-9-18(10-7-15)28-23(32)14-34-20-11-8-17(27)12-16(20)13-22-24(33)31(26(35)37-22)30-25-29-19-4-2-3-5-21(19)36-25/h2-13H,14H2,1H3,(H,28,32)(H,29,30)/b22-13-. The van der Waals surface area contributed by atoms with Gasteiger partial charge in [-0.3, -0.25) is 15.0 Å². The number of fused-ring (bicyclic) bond motifs is 1. The molecule has 1 aromatic heterocycles. The monoisotopic (exact) mass is 566 g/mol. The molecule has 1 fully saturated rings. The molecule has 186 valence electrons. The highest BCUT2D eigenvalue weighted by Gasteiger charge is 2.33. The molecular formula is C26H19ClN4O3S3. The van der Waals surface area contributed by atoms with Crippen LogP contribution in [0.15, 0.2) is 71.6 Å². The van der Waals surface area contributed by atoms with Crippen molar-refractivity contribution in [3.05, 3.63) is 87.8 Å². The summed E-state index contributed by atoms with van der Waals surface area (Å²) in [6.07, 6.45) is 1.65. The minimum absolute atomic E-state index is 0.212. The third kappa shape index (κ3) is 5.94. The van der Waals surface area contributed by atoms with Crippen LogP contribution in [0.5, 0.6) is 5.75 Å². The average molecular weight is 567 g/mol. The number of carbonyl (C=O) groups excluding carboxylic acids is 2. The number of para-hydroxylation sites is 1. The molecule has 0 unspecified atom stereocenters. The molecule has 4 aromatic rings. The number of aryl methyl sites for hydroxylation is 1. The molecule has 0 aliphatic carbocycles. The first-order valence-electron chi connectivity index (χ1n) is 11.0. The van der Waals surface area contributed by atoms with Crippen molar-refractivity contribution in [2.75, 3.05) is 17.3 Å². The number of hydrogen-bond acceptors (Lipinski definition) is 8. The molecule has 0 radical (unpaired) electrons. The van der Waals surface area contributed by atoms with Crippen molar-refractivity contribution in [2.45, 2.75) is 6.92 Å². The summed E-state index contributed by atoms with van der Waals surface area (Å²) in [4.78, 5) is 30.4. The Morgan fingerprint density at radius 2 is 1.95 bits per heavy atom. The van der Waals surface area contributed by atoms with E-state index in [1.54, 1.807) is 24.3 Å². The Hall–Kier alpha value is -3.44. The molecule has 2 N–H and O–H groups in total. The number of benzene rings is 3. The molecule has 0 bridgehead atoms. The number of thiocarbonyl (C=S) groups is 1. The van der Waals surface area contributed by atoms with Crippen molar-refractivity contribution in [3.8, 4) is 5.75 Å². The van der Waals surface area contributed by atoms with Crippen LogP contribution in [0, 0.1) is 6.92 Å². The molecule has 7 nitrogen and oxygen atoms in total. The van der Waals surface area contributed by atoms with Crippen molar-refractivity contribution in [1.29, 1.82) is 0 Å². The number of thiazole rings is 1. The average Bonchev–Trinajstić information content (AvgIpc) is 3.40. The Morgan fingerprint density at radius 1 is 1.16 bits per heavy atom. The third-order valence-electron chi connectivity index (χ3n) is 5.25. The van der Waals surface area contributed by atoms with Gasteiger partial charge in [-0.15, -0.1) is 0 Å². The Balaban J connectivity index is 1.30. The molecule has 5 rings (SSSR count). The van der Waals surface area contributed by atoms with Gasteiger partial charge in [-0.05, 0) is 67.7 Å². The molecule has 1 aliphatic rings. The number of nitrogens with one attached hydrogen (secondary N) is 2. The summed E-state index contributed by atoms with van der Waals surface area (Å²) in [7, 11) is 0. The lowest BCUT2D eigenvalue weighted by atomic mass is 10.2. The van der Waals surface area contributed by atoms with E-state index in [0.29, 0.717) is 36.4 Å². The van der Waals surface area contributed by atoms with Crippen molar-refractivity contribution >= 4 is 90.2 Å². The van der Waals surface area contributed by atoms with Gasteiger partial charge in [0.1, 0.15) is 5.75 Å². The largest absolute Gasteiger partial charge is 0.483 e. The van der Waals surface area contributed by atoms with Crippen LogP contribution in [0.1, 0.15) is 11.1 Å². The van der Waals surface area contributed by atoms with Gasteiger partial charge in [-0.2, -0.15) is 5.01 Å². The number of aromatic nitrogens is 1. The second kappa shape index (κ2) is 10.9. The van der Waals surface area contributed by atoms with E-state index >= 15 is 0 Å². The maximum atomic E-state index is 13.2. The number of nitrogens with zero attached hydrogens (tertiary/aromatic N) is 2. The number of hydrazine groups is 1. The zero-order valence-corrected chi connectivity index (χ0v) is 22.6. The van der Waals surface area contributed by atoms with Crippen molar-refractivity contribution in [2.24, 2.45) is 0 Å². The van der Waals surface area contributed by atoms with E-state index in [1.165, 1.54) is 16.3 Å².